The lowest BCUT2D eigenvalue weighted by Crippen LogP contribution is -2.31. The summed E-state index contributed by atoms with van der Waals surface area (Å²) in [6.07, 6.45) is 16.3. The summed E-state index contributed by atoms with van der Waals surface area (Å²) in [6, 6.07) is 0.268. The number of likely N-dealkylation sites (tertiary alicyclic amines) is 1. The van der Waals surface area contributed by atoms with Gasteiger partial charge in [0, 0.05) is 31.6 Å². The molecule has 2 atom stereocenters. The van der Waals surface area contributed by atoms with Crippen LogP contribution in [-0.4, -0.2) is 76.0 Å². The smallest absolute Gasteiger partial charge is 0.465 e. The van der Waals surface area contributed by atoms with Gasteiger partial charge in [0.15, 0.2) is 6.29 Å². The van der Waals surface area contributed by atoms with Crippen LogP contribution in [0.5, 0.6) is 0 Å². The molecule has 1 rings (SSSR count). The largest absolute Gasteiger partial charge is 0.508 e. The third-order valence-corrected chi connectivity index (χ3v) is 7.27. The Bertz CT molecular complexity index is 585. The van der Waals surface area contributed by atoms with E-state index < -0.39 is 6.16 Å². The van der Waals surface area contributed by atoms with Crippen molar-refractivity contribution in [3.05, 3.63) is 0 Å². The zero-order valence-corrected chi connectivity index (χ0v) is 25.6. The average molecular weight is 558 g/mol. The molecule has 1 aliphatic heterocycles. The quantitative estimate of drug-likeness (QED) is 0.0658. The molecule has 0 amide bonds. The minimum Gasteiger partial charge on any atom is -0.465 e. The van der Waals surface area contributed by atoms with E-state index in [1.807, 2.05) is 14.0 Å². The van der Waals surface area contributed by atoms with Crippen LogP contribution < -0.4 is 0 Å². The highest BCUT2D eigenvalue weighted by atomic mass is 16.7. The molecule has 1 aliphatic rings. The van der Waals surface area contributed by atoms with Gasteiger partial charge in [0.05, 0.1) is 13.0 Å². The molecule has 0 radical (unpaired) electrons. The topological polar surface area (TPSA) is 83.5 Å². The number of hydrogen-bond donors (Lipinski definition) is 0. The number of nitrogens with zero attached hydrogens (tertiary/aromatic N) is 1. The standard InChI is InChI=1S/C31H59NO7/c1-5-7-9-11-13-15-22-35-30(36-23-16-14-12-10-8-6-2)20-19-29(33)37-24-27(3)25-38-31(34)39-26-28-18-17-21-32(28)4/h27-28,30H,5-26H2,1-4H3. The van der Waals surface area contributed by atoms with Crippen molar-refractivity contribution in [2.45, 2.75) is 136 Å². The first-order chi connectivity index (χ1) is 19.0. The molecule has 0 N–H and O–H groups in total. The summed E-state index contributed by atoms with van der Waals surface area (Å²) < 4.78 is 27.8. The lowest BCUT2D eigenvalue weighted by atomic mass is 10.1. The molecule has 8 heteroatoms. The van der Waals surface area contributed by atoms with Gasteiger partial charge in [-0.3, -0.25) is 4.79 Å². The maximum absolute atomic E-state index is 12.4. The lowest BCUT2D eigenvalue weighted by molar-refractivity contribution is -0.160. The number of hydrogen-bond acceptors (Lipinski definition) is 8. The van der Waals surface area contributed by atoms with E-state index in [4.69, 9.17) is 23.7 Å². The summed E-state index contributed by atoms with van der Waals surface area (Å²) in [7, 11) is 2.04. The Balaban J connectivity index is 2.22. The van der Waals surface area contributed by atoms with Crippen LogP contribution >= 0.6 is 0 Å². The van der Waals surface area contributed by atoms with Crippen molar-refractivity contribution in [1.29, 1.82) is 0 Å². The molecule has 39 heavy (non-hydrogen) atoms. The molecule has 0 spiro atoms. The molecule has 230 valence electrons. The molecule has 1 fully saturated rings. The minimum atomic E-state index is -0.665. The molecule has 0 aromatic carbocycles. The SMILES string of the molecule is CCCCCCCCOC(CCC(=O)OCC(C)COC(=O)OCC1CCCN1C)OCCCCCCCC. The van der Waals surface area contributed by atoms with Gasteiger partial charge in [0.25, 0.3) is 0 Å². The number of ether oxygens (including phenoxy) is 5. The number of esters is 1. The fraction of sp³-hybridized carbons (Fsp3) is 0.935. The Kier molecular flexibility index (Phi) is 22.3. The zero-order valence-electron chi connectivity index (χ0n) is 25.6. The van der Waals surface area contributed by atoms with Gasteiger partial charge in [-0.15, -0.1) is 0 Å². The molecule has 1 saturated heterocycles. The summed E-state index contributed by atoms with van der Waals surface area (Å²) in [5.41, 5.74) is 0. The second-order valence-corrected chi connectivity index (χ2v) is 11.2. The highest BCUT2D eigenvalue weighted by Crippen LogP contribution is 2.15. The van der Waals surface area contributed by atoms with Crippen LogP contribution in [0.1, 0.15) is 124 Å². The van der Waals surface area contributed by atoms with Crippen LogP contribution in [0.2, 0.25) is 0 Å². The van der Waals surface area contributed by atoms with Crippen LogP contribution in [0.25, 0.3) is 0 Å². The summed E-state index contributed by atoms with van der Waals surface area (Å²) in [5, 5.41) is 0. The van der Waals surface area contributed by atoms with Crippen LogP contribution in [0.4, 0.5) is 4.79 Å². The molecule has 0 aliphatic carbocycles. The number of carbonyl (C=O) groups excluding carboxylic acids is 2. The Morgan fingerprint density at radius 3 is 1.92 bits per heavy atom. The van der Waals surface area contributed by atoms with E-state index in [0.29, 0.717) is 26.2 Å². The summed E-state index contributed by atoms with van der Waals surface area (Å²) in [5.74, 6) is -0.399. The van der Waals surface area contributed by atoms with Gasteiger partial charge in [-0.05, 0) is 39.3 Å². The van der Waals surface area contributed by atoms with E-state index in [2.05, 4.69) is 18.7 Å². The van der Waals surface area contributed by atoms with E-state index in [9.17, 15) is 9.59 Å². The second kappa shape index (κ2) is 24.4. The highest BCUT2D eigenvalue weighted by molar-refractivity contribution is 5.69. The maximum Gasteiger partial charge on any atom is 0.508 e. The number of rotatable bonds is 25. The van der Waals surface area contributed by atoms with Crippen molar-refractivity contribution < 1.29 is 33.3 Å². The lowest BCUT2D eigenvalue weighted by Gasteiger charge is -2.19. The molecule has 0 aromatic rings. The molecule has 0 bridgehead atoms. The van der Waals surface area contributed by atoms with Crippen molar-refractivity contribution >= 4 is 12.1 Å². The highest BCUT2D eigenvalue weighted by Gasteiger charge is 2.23. The second-order valence-electron chi connectivity index (χ2n) is 11.2. The number of unbranched alkanes of at least 4 members (excludes halogenated alkanes) is 10. The predicted molar refractivity (Wildman–Crippen MR) is 155 cm³/mol. The first-order valence-corrected chi connectivity index (χ1v) is 15.8. The third-order valence-electron chi connectivity index (χ3n) is 7.27. The first kappa shape index (κ1) is 35.6. The van der Waals surface area contributed by atoms with Gasteiger partial charge >= 0.3 is 12.1 Å². The minimum absolute atomic E-state index is 0.112. The monoisotopic (exact) mass is 557 g/mol. The third kappa shape index (κ3) is 20.2. The van der Waals surface area contributed by atoms with E-state index in [0.717, 1.165) is 45.1 Å². The van der Waals surface area contributed by atoms with E-state index in [1.54, 1.807) is 0 Å². The summed E-state index contributed by atoms with van der Waals surface area (Å²) in [6.45, 7) is 9.36. The molecular formula is C31H59NO7. The van der Waals surface area contributed by atoms with Gasteiger partial charge in [-0.25, -0.2) is 4.79 Å². The maximum atomic E-state index is 12.4. The Morgan fingerprint density at radius 2 is 1.36 bits per heavy atom. The van der Waals surface area contributed by atoms with Crippen LogP contribution in [0, 0.1) is 5.92 Å². The van der Waals surface area contributed by atoms with Gasteiger partial charge in [0.1, 0.15) is 13.2 Å². The van der Waals surface area contributed by atoms with Gasteiger partial charge in [0.2, 0.25) is 0 Å². The molecule has 2 unspecified atom stereocenters. The fourth-order valence-corrected chi connectivity index (χ4v) is 4.61. The Morgan fingerprint density at radius 1 is 0.795 bits per heavy atom. The Hall–Kier alpha value is -1.38. The van der Waals surface area contributed by atoms with Crippen LogP contribution in [0.3, 0.4) is 0 Å². The summed E-state index contributed by atoms with van der Waals surface area (Å²) >= 11 is 0. The van der Waals surface area contributed by atoms with Crippen LogP contribution in [0.15, 0.2) is 0 Å². The fourth-order valence-electron chi connectivity index (χ4n) is 4.61. The predicted octanol–water partition coefficient (Wildman–Crippen LogP) is 7.27. The van der Waals surface area contributed by atoms with Gasteiger partial charge in [-0.2, -0.15) is 0 Å². The molecule has 1 heterocycles. The van der Waals surface area contributed by atoms with E-state index in [1.165, 1.54) is 51.4 Å². The number of carbonyl (C=O) groups is 2. The van der Waals surface area contributed by atoms with E-state index >= 15 is 0 Å². The van der Waals surface area contributed by atoms with Crippen molar-refractivity contribution in [3.8, 4) is 0 Å². The van der Waals surface area contributed by atoms with Crippen molar-refractivity contribution in [2.75, 3.05) is 46.6 Å². The van der Waals surface area contributed by atoms with Crippen LogP contribution in [-0.2, 0) is 28.5 Å². The van der Waals surface area contributed by atoms with Crippen molar-refractivity contribution in [1.82, 2.24) is 4.90 Å². The van der Waals surface area contributed by atoms with Crippen molar-refractivity contribution in [3.63, 3.8) is 0 Å². The molecule has 8 nitrogen and oxygen atoms in total. The Labute approximate surface area is 238 Å². The van der Waals surface area contributed by atoms with E-state index in [-0.39, 0.29) is 43.9 Å². The van der Waals surface area contributed by atoms with Crippen molar-refractivity contribution in [2.24, 2.45) is 5.92 Å². The summed E-state index contributed by atoms with van der Waals surface area (Å²) in [4.78, 5) is 26.4. The first-order valence-electron chi connectivity index (χ1n) is 15.8. The number of likely N-dealkylation sites (N-methyl/N-ethyl adjacent to an activating group) is 1. The average Bonchev–Trinajstić information content (AvgIpc) is 3.35. The normalized spacial score (nSPS) is 16.5. The molecule has 0 saturated carbocycles. The molecule has 0 aromatic heterocycles. The van der Waals surface area contributed by atoms with Gasteiger partial charge in [-0.1, -0.05) is 85.0 Å². The zero-order chi connectivity index (χ0) is 28.6. The van der Waals surface area contributed by atoms with Gasteiger partial charge < -0.3 is 28.6 Å². The molecular weight excluding hydrogens is 498 g/mol.